The number of nitrogens with one attached hydrogen (secondary N) is 1. The molecule has 0 fully saturated rings. The number of nitrogens with zero attached hydrogens (tertiary/aromatic N) is 1. The lowest BCUT2D eigenvalue weighted by molar-refractivity contribution is -0.116. The summed E-state index contributed by atoms with van der Waals surface area (Å²) in [7, 11) is 0. The van der Waals surface area contributed by atoms with Gasteiger partial charge in [-0.3, -0.25) is 14.4 Å². The van der Waals surface area contributed by atoms with Crippen LogP contribution in [0.5, 0.6) is 0 Å². The second-order valence-corrected chi connectivity index (χ2v) is 6.18. The van der Waals surface area contributed by atoms with Crippen molar-refractivity contribution in [2.24, 2.45) is 5.73 Å². The fourth-order valence-corrected chi connectivity index (χ4v) is 3.00. The number of halogens is 1. The first-order valence-corrected chi connectivity index (χ1v) is 8.06. The summed E-state index contributed by atoms with van der Waals surface area (Å²) in [4.78, 5) is 37.0. The van der Waals surface area contributed by atoms with Crippen molar-refractivity contribution in [1.29, 1.82) is 0 Å². The lowest BCUT2D eigenvalue weighted by Gasteiger charge is -2.15. The normalized spacial score (nSPS) is 12.6. The molecule has 1 heterocycles. The van der Waals surface area contributed by atoms with Crippen molar-refractivity contribution >= 4 is 40.7 Å². The van der Waals surface area contributed by atoms with Crippen LogP contribution in [0.1, 0.15) is 33.2 Å². The molecule has 1 aliphatic rings. The highest BCUT2D eigenvalue weighted by Crippen LogP contribution is 2.29. The summed E-state index contributed by atoms with van der Waals surface area (Å²) in [6.07, 6.45) is 0.702. The van der Waals surface area contributed by atoms with Crippen molar-refractivity contribution in [1.82, 2.24) is 0 Å². The maximum Gasteiger partial charge on any atom is 0.255 e. The van der Waals surface area contributed by atoms with Gasteiger partial charge in [-0.2, -0.15) is 0 Å². The molecule has 6 nitrogen and oxygen atoms in total. The first-order chi connectivity index (χ1) is 11.9. The molecule has 0 unspecified atom stereocenters. The average molecular weight is 358 g/mol. The standard InChI is InChI=1S/C18H16ClN3O3/c1-10(23)22-7-6-11-8-13(3-5-16(11)22)18(25)21-15-9-12(17(20)24)2-4-14(15)19/h2-5,8-9H,6-7H2,1H3,(H2,20,24)(H,21,25). The molecular weight excluding hydrogens is 342 g/mol. The molecule has 128 valence electrons. The minimum atomic E-state index is -0.603. The van der Waals surface area contributed by atoms with Gasteiger partial charge in [-0.1, -0.05) is 11.6 Å². The van der Waals surface area contributed by atoms with E-state index in [1.165, 1.54) is 25.1 Å². The summed E-state index contributed by atoms with van der Waals surface area (Å²) in [5.41, 5.74) is 8.04. The summed E-state index contributed by atoms with van der Waals surface area (Å²) >= 11 is 6.07. The van der Waals surface area contributed by atoms with Crippen LogP contribution < -0.4 is 16.0 Å². The molecule has 25 heavy (non-hydrogen) atoms. The van der Waals surface area contributed by atoms with E-state index in [0.29, 0.717) is 29.2 Å². The fraction of sp³-hybridized carbons (Fsp3) is 0.167. The van der Waals surface area contributed by atoms with Gasteiger partial charge in [0.05, 0.1) is 10.7 Å². The lowest BCUT2D eigenvalue weighted by Crippen LogP contribution is -2.25. The largest absolute Gasteiger partial charge is 0.366 e. The Kier molecular flexibility index (Phi) is 4.46. The SMILES string of the molecule is CC(=O)N1CCc2cc(C(=O)Nc3cc(C(N)=O)ccc3Cl)ccc21. The number of benzene rings is 2. The molecule has 3 amide bonds. The van der Waals surface area contributed by atoms with E-state index in [-0.39, 0.29) is 17.4 Å². The highest BCUT2D eigenvalue weighted by molar-refractivity contribution is 6.34. The molecule has 0 bridgehead atoms. The molecule has 0 saturated heterocycles. The molecule has 0 saturated carbocycles. The van der Waals surface area contributed by atoms with Crippen molar-refractivity contribution in [3.63, 3.8) is 0 Å². The molecule has 1 aliphatic heterocycles. The topological polar surface area (TPSA) is 92.5 Å². The third kappa shape index (κ3) is 3.34. The zero-order valence-electron chi connectivity index (χ0n) is 13.5. The quantitative estimate of drug-likeness (QED) is 0.884. The van der Waals surface area contributed by atoms with Crippen LogP contribution in [0, 0.1) is 0 Å². The van der Waals surface area contributed by atoms with Gasteiger partial charge < -0.3 is 16.0 Å². The number of anilines is 2. The van der Waals surface area contributed by atoms with Crippen molar-refractivity contribution in [2.75, 3.05) is 16.8 Å². The Labute approximate surface area is 149 Å². The molecule has 2 aromatic rings. The Morgan fingerprint density at radius 2 is 1.84 bits per heavy atom. The Morgan fingerprint density at radius 3 is 2.52 bits per heavy atom. The highest BCUT2D eigenvalue weighted by Gasteiger charge is 2.23. The minimum Gasteiger partial charge on any atom is -0.366 e. The van der Waals surface area contributed by atoms with Gasteiger partial charge >= 0.3 is 0 Å². The zero-order valence-corrected chi connectivity index (χ0v) is 14.3. The smallest absolute Gasteiger partial charge is 0.255 e. The van der Waals surface area contributed by atoms with Crippen LogP contribution in [0.3, 0.4) is 0 Å². The molecule has 3 N–H and O–H groups in total. The van der Waals surface area contributed by atoms with Crippen molar-refractivity contribution in [2.45, 2.75) is 13.3 Å². The van der Waals surface area contributed by atoms with E-state index in [2.05, 4.69) is 5.32 Å². The Balaban J connectivity index is 1.85. The van der Waals surface area contributed by atoms with E-state index >= 15 is 0 Å². The van der Waals surface area contributed by atoms with E-state index in [9.17, 15) is 14.4 Å². The van der Waals surface area contributed by atoms with Gasteiger partial charge in [0.2, 0.25) is 11.8 Å². The molecule has 7 heteroatoms. The van der Waals surface area contributed by atoms with Gasteiger partial charge in [-0.15, -0.1) is 0 Å². The van der Waals surface area contributed by atoms with Crippen LogP contribution in [0.15, 0.2) is 36.4 Å². The van der Waals surface area contributed by atoms with Gasteiger partial charge in [0.1, 0.15) is 0 Å². The molecule has 3 rings (SSSR count). The van der Waals surface area contributed by atoms with E-state index in [4.69, 9.17) is 17.3 Å². The highest BCUT2D eigenvalue weighted by atomic mass is 35.5. The third-order valence-electron chi connectivity index (χ3n) is 4.12. The van der Waals surface area contributed by atoms with Crippen LogP contribution in [0.2, 0.25) is 5.02 Å². The van der Waals surface area contributed by atoms with Crippen LogP contribution in [0.4, 0.5) is 11.4 Å². The van der Waals surface area contributed by atoms with E-state index in [0.717, 1.165) is 11.3 Å². The number of primary amides is 1. The van der Waals surface area contributed by atoms with Crippen LogP contribution in [-0.4, -0.2) is 24.3 Å². The number of nitrogens with two attached hydrogens (primary N) is 1. The van der Waals surface area contributed by atoms with Gasteiger partial charge in [0, 0.05) is 30.3 Å². The number of hydrogen-bond acceptors (Lipinski definition) is 3. The van der Waals surface area contributed by atoms with Gasteiger partial charge in [-0.25, -0.2) is 0 Å². The first-order valence-electron chi connectivity index (χ1n) is 7.68. The molecule has 0 atom stereocenters. The molecule has 0 spiro atoms. The second kappa shape index (κ2) is 6.57. The minimum absolute atomic E-state index is 0.0222. The fourth-order valence-electron chi connectivity index (χ4n) is 2.84. The predicted molar refractivity (Wildman–Crippen MR) is 96.1 cm³/mol. The monoisotopic (exact) mass is 357 g/mol. The summed E-state index contributed by atoms with van der Waals surface area (Å²) in [6.45, 7) is 2.13. The summed E-state index contributed by atoms with van der Waals surface area (Å²) < 4.78 is 0. The van der Waals surface area contributed by atoms with Crippen LogP contribution in [0.25, 0.3) is 0 Å². The third-order valence-corrected chi connectivity index (χ3v) is 4.45. The number of carbonyl (C=O) groups is 3. The predicted octanol–water partition coefficient (Wildman–Crippen LogP) is 2.60. The number of amides is 3. The Bertz CT molecular complexity index is 895. The van der Waals surface area contributed by atoms with Gasteiger partial charge in [0.25, 0.3) is 5.91 Å². The van der Waals surface area contributed by atoms with Crippen LogP contribution in [-0.2, 0) is 11.2 Å². The molecule has 0 radical (unpaired) electrons. The van der Waals surface area contributed by atoms with Crippen molar-refractivity contribution < 1.29 is 14.4 Å². The van der Waals surface area contributed by atoms with Crippen molar-refractivity contribution in [3.05, 3.63) is 58.1 Å². The summed E-state index contributed by atoms with van der Waals surface area (Å²) in [6, 6.07) is 9.62. The Morgan fingerprint density at radius 1 is 1.12 bits per heavy atom. The molecule has 0 aliphatic carbocycles. The second-order valence-electron chi connectivity index (χ2n) is 5.78. The summed E-state index contributed by atoms with van der Waals surface area (Å²) in [5, 5.41) is 3.00. The summed E-state index contributed by atoms with van der Waals surface area (Å²) in [5.74, 6) is -0.979. The molecule has 2 aromatic carbocycles. The lowest BCUT2D eigenvalue weighted by atomic mass is 10.1. The average Bonchev–Trinajstić information content (AvgIpc) is 2.99. The number of rotatable bonds is 3. The number of carbonyl (C=O) groups excluding carboxylic acids is 3. The Hall–Kier alpha value is -2.86. The maximum atomic E-state index is 12.5. The molecule has 0 aromatic heterocycles. The van der Waals surface area contributed by atoms with Crippen molar-refractivity contribution in [3.8, 4) is 0 Å². The number of fused-ring (bicyclic) bond motifs is 1. The van der Waals surface area contributed by atoms with E-state index < -0.39 is 5.91 Å². The van der Waals surface area contributed by atoms with Crippen LogP contribution >= 0.6 is 11.6 Å². The van der Waals surface area contributed by atoms with Gasteiger partial charge in [-0.05, 0) is 48.4 Å². The first kappa shape index (κ1) is 17.0. The van der Waals surface area contributed by atoms with E-state index in [1.807, 2.05) is 0 Å². The molecular formula is C18H16ClN3O3. The zero-order chi connectivity index (χ0) is 18.1. The maximum absolute atomic E-state index is 12.5. The number of hydrogen-bond donors (Lipinski definition) is 2. The van der Waals surface area contributed by atoms with E-state index in [1.54, 1.807) is 23.1 Å². The van der Waals surface area contributed by atoms with Gasteiger partial charge in [0.15, 0.2) is 0 Å².